The third kappa shape index (κ3) is 1.91. The van der Waals surface area contributed by atoms with Gasteiger partial charge in [-0.15, -0.1) is 0 Å². The van der Waals surface area contributed by atoms with Gasteiger partial charge in [0.25, 0.3) is 0 Å². The maximum absolute atomic E-state index is 6.26. The number of aromatic nitrogens is 1. The van der Waals surface area contributed by atoms with Crippen molar-refractivity contribution < 1.29 is 0 Å². The number of fused-ring (bicyclic) bond motifs is 2. The Bertz CT molecular complexity index is 612. The van der Waals surface area contributed by atoms with Crippen molar-refractivity contribution in [2.24, 2.45) is 0 Å². The van der Waals surface area contributed by atoms with Crippen molar-refractivity contribution in [3.05, 3.63) is 40.0 Å². The zero-order chi connectivity index (χ0) is 12.7. The molecule has 18 heavy (non-hydrogen) atoms. The second kappa shape index (κ2) is 4.72. The van der Waals surface area contributed by atoms with Crippen LogP contribution in [-0.4, -0.2) is 23.5 Å². The van der Waals surface area contributed by atoms with Crippen LogP contribution in [0.25, 0.3) is 10.9 Å². The van der Waals surface area contributed by atoms with Gasteiger partial charge in [-0.2, -0.15) is 12.6 Å². The van der Waals surface area contributed by atoms with Crippen molar-refractivity contribution >= 4 is 35.1 Å². The van der Waals surface area contributed by atoms with Gasteiger partial charge < -0.3 is 4.90 Å². The zero-order valence-electron chi connectivity index (χ0n) is 10.3. The minimum absolute atomic E-state index is 0.732. The van der Waals surface area contributed by atoms with Gasteiger partial charge in [0.15, 0.2) is 0 Å². The summed E-state index contributed by atoms with van der Waals surface area (Å²) < 4.78 is 0. The van der Waals surface area contributed by atoms with E-state index in [0.29, 0.717) is 0 Å². The van der Waals surface area contributed by atoms with Gasteiger partial charge in [-0.05, 0) is 24.2 Å². The van der Waals surface area contributed by atoms with Gasteiger partial charge in [-0.1, -0.05) is 23.7 Å². The van der Waals surface area contributed by atoms with Crippen LogP contribution in [0.2, 0.25) is 5.02 Å². The number of rotatable bonds is 1. The molecule has 0 bridgehead atoms. The average Bonchev–Trinajstić information content (AvgIpc) is 2.37. The highest BCUT2D eigenvalue weighted by atomic mass is 35.5. The van der Waals surface area contributed by atoms with E-state index >= 15 is 0 Å². The highest BCUT2D eigenvalue weighted by Crippen LogP contribution is 2.31. The molecule has 0 atom stereocenters. The lowest BCUT2D eigenvalue weighted by Gasteiger charge is -2.27. The first-order valence-corrected chi connectivity index (χ1v) is 7.10. The summed E-state index contributed by atoms with van der Waals surface area (Å²) in [4.78, 5) is 7.09. The smallest absolute Gasteiger partial charge is 0.0894 e. The molecule has 0 amide bonds. The summed E-state index contributed by atoms with van der Waals surface area (Å²) >= 11 is 10.8. The van der Waals surface area contributed by atoms with Crippen LogP contribution in [0.15, 0.2) is 18.2 Å². The molecular weight excluding hydrogens is 264 g/mol. The number of halogens is 1. The second-order valence-electron chi connectivity index (χ2n) is 4.80. The van der Waals surface area contributed by atoms with Crippen LogP contribution in [0.5, 0.6) is 0 Å². The Morgan fingerprint density at radius 3 is 3.06 bits per heavy atom. The fourth-order valence-electron chi connectivity index (χ4n) is 2.63. The zero-order valence-corrected chi connectivity index (χ0v) is 11.9. The molecule has 0 fully saturated rings. The maximum atomic E-state index is 6.26. The standard InChI is InChI=1S/C14H15ClN2S/c1-17-6-5-13-10(7-17)11(8-18)9-3-2-4-12(15)14(9)16-13/h2-4,18H,5-8H2,1H3. The van der Waals surface area contributed by atoms with E-state index < -0.39 is 0 Å². The molecule has 1 aromatic carbocycles. The summed E-state index contributed by atoms with van der Waals surface area (Å²) in [6.07, 6.45) is 0.994. The van der Waals surface area contributed by atoms with Crippen LogP contribution in [0.4, 0.5) is 0 Å². The van der Waals surface area contributed by atoms with Gasteiger partial charge in [0.05, 0.1) is 10.5 Å². The third-order valence-corrected chi connectivity index (χ3v) is 4.21. The number of hydrogen-bond acceptors (Lipinski definition) is 3. The minimum atomic E-state index is 0.732. The molecule has 2 aromatic rings. The van der Waals surface area contributed by atoms with Crippen molar-refractivity contribution in [2.45, 2.75) is 18.7 Å². The minimum Gasteiger partial charge on any atom is -0.302 e. The highest BCUT2D eigenvalue weighted by Gasteiger charge is 2.20. The van der Waals surface area contributed by atoms with Crippen LogP contribution in [0, 0.1) is 0 Å². The third-order valence-electron chi connectivity index (χ3n) is 3.59. The fourth-order valence-corrected chi connectivity index (χ4v) is 3.21. The Balaban J connectivity index is 2.34. The molecule has 3 rings (SSSR count). The summed E-state index contributed by atoms with van der Waals surface area (Å²) in [6, 6.07) is 5.98. The maximum Gasteiger partial charge on any atom is 0.0894 e. The van der Waals surface area contributed by atoms with E-state index in [2.05, 4.69) is 30.6 Å². The first-order chi connectivity index (χ1) is 8.70. The monoisotopic (exact) mass is 278 g/mol. The Labute approximate surface area is 117 Å². The van der Waals surface area contributed by atoms with Crippen molar-refractivity contribution in [1.82, 2.24) is 9.88 Å². The molecule has 0 saturated heterocycles. The van der Waals surface area contributed by atoms with E-state index in [1.54, 1.807) is 0 Å². The summed E-state index contributed by atoms with van der Waals surface area (Å²) in [7, 11) is 2.15. The number of benzene rings is 1. The lowest BCUT2D eigenvalue weighted by molar-refractivity contribution is 0.309. The van der Waals surface area contributed by atoms with Crippen LogP contribution >= 0.6 is 24.2 Å². The molecule has 0 saturated carbocycles. The van der Waals surface area contributed by atoms with E-state index in [1.807, 2.05) is 12.1 Å². The van der Waals surface area contributed by atoms with E-state index in [4.69, 9.17) is 16.6 Å². The van der Waals surface area contributed by atoms with Crippen molar-refractivity contribution in [1.29, 1.82) is 0 Å². The predicted molar refractivity (Wildman–Crippen MR) is 79.5 cm³/mol. The fraction of sp³-hybridized carbons (Fsp3) is 0.357. The molecular formula is C14H15ClN2S. The molecule has 1 aliphatic heterocycles. The molecule has 1 aromatic heterocycles. The number of para-hydroxylation sites is 1. The molecule has 2 nitrogen and oxygen atoms in total. The van der Waals surface area contributed by atoms with Crippen LogP contribution in [0.3, 0.4) is 0 Å². The number of nitrogens with zero attached hydrogens (tertiary/aromatic N) is 2. The molecule has 4 heteroatoms. The van der Waals surface area contributed by atoms with Crippen molar-refractivity contribution in [3.63, 3.8) is 0 Å². The Morgan fingerprint density at radius 1 is 1.44 bits per heavy atom. The Kier molecular flexibility index (Phi) is 3.22. The van der Waals surface area contributed by atoms with Gasteiger partial charge in [0, 0.05) is 36.3 Å². The van der Waals surface area contributed by atoms with Crippen LogP contribution in [-0.2, 0) is 18.7 Å². The summed E-state index contributed by atoms with van der Waals surface area (Å²) in [5.41, 5.74) is 4.74. The first kappa shape index (κ1) is 12.3. The van der Waals surface area contributed by atoms with Gasteiger partial charge in [-0.25, -0.2) is 0 Å². The first-order valence-electron chi connectivity index (χ1n) is 6.09. The molecule has 2 heterocycles. The van der Waals surface area contributed by atoms with E-state index in [9.17, 15) is 0 Å². The molecule has 0 unspecified atom stereocenters. The molecule has 0 aliphatic carbocycles. The SMILES string of the molecule is CN1CCc2nc3c(Cl)cccc3c(CS)c2C1. The van der Waals surface area contributed by atoms with Crippen molar-refractivity contribution in [2.75, 3.05) is 13.6 Å². The van der Waals surface area contributed by atoms with Gasteiger partial charge in [0.2, 0.25) is 0 Å². The predicted octanol–water partition coefficient (Wildman–Crippen LogP) is 3.31. The van der Waals surface area contributed by atoms with E-state index in [1.165, 1.54) is 16.8 Å². The summed E-state index contributed by atoms with van der Waals surface area (Å²) in [6.45, 7) is 2.02. The highest BCUT2D eigenvalue weighted by molar-refractivity contribution is 7.79. The molecule has 94 valence electrons. The number of hydrogen-bond donors (Lipinski definition) is 1. The number of thiol groups is 1. The van der Waals surface area contributed by atoms with Gasteiger partial charge >= 0.3 is 0 Å². The quantitative estimate of drug-likeness (QED) is 0.806. The molecule has 0 radical (unpaired) electrons. The largest absolute Gasteiger partial charge is 0.302 e. The molecule has 0 N–H and O–H groups in total. The van der Waals surface area contributed by atoms with Crippen molar-refractivity contribution in [3.8, 4) is 0 Å². The Hall–Kier alpha value is -0.770. The van der Waals surface area contributed by atoms with E-state index in [-0.39, 0.29) is 0 Å². The lowest BCUT2D eigenvalue weighted by atomic mass is 9.97. The lowest BCUT2D eigenvalue weighted by Crippen LogP contribution is -2.28. The number of likely N-dealkylation sites (N-methyl/N-ethyl adjacent to an activating group) is 1. The van der Waals surface area contributed by atoms with E-state index in [0.717, 1.165) is 41.2 Å². The van der Waals surface area contributed by atoms with Crippen LogP contribution < -0.4 is 0 Å². The van der Waals surface area contributed by atoms with Gasteiger partial charge in [0.1, 0.15) is 0 Å². The van der Waals surface area contributed by atoms with Gasteiger partial charge in [-0.3, -0.25) is 4.98 Å². The number of pyridine rings is 1. The molecule has 0 spiro atoms. The summed E-state index contributed by atoms with van der Waals surface area (Å²) in [5, 5.41) is 1.88. The normalized spacial score (nSPS) is 15.9. The summed E-state index contributed by atoms with van der Waals surface area (Å²) in [5.74, 6) is 0.732. The molecule has 1 aliphatic rings. The second-order valence-corrected chi connectivity index (χ2v) is 5.52. The average molecular weight is 279 g/mol. The Morgan fingerprint density at radius 2 is 2.28 bits per heavy atom. The van der Waals surface area contributed by atoms with Crippen LogP contribution in [0.1, 0.15) is 16.8 Å². The topological polar surface area (TPSA) is 16.1 Å².